The van der Waals surface area contributed by atoms with E-state index in [4.69, 9.17) is 11.6 Å². The number of nitrogens with one attached hydrogen (secondary N) is 1. The topological polar surface area (TPSA) is 15.3 Å². The molecular weight excluding hydrogens is 244 g/mol. The fourth-order valence-corrected chi connectivity index (χ4v) is 3.02. The molecule has 1 heterocycles. The van der Waals surface area contributed by atoms with Gasteiger partial charge in [-0.2, -0.15) is 0 Å². The van der Waals surface area contributed by atoms with Gasteiger partial charge in [0.2, 0.25) is 0 Å². The molecule has 0 bridgehead atoms. The van der Waals surface area contributed by atoms with Gasteiger partial charge in [-0.1, -0.05) is 17.7 Å². The predicted octanol–water partition coefficient (Wildman–Crippen LogP) is 3.62. The van der Waals surface area contributed by atoms with Crippen molar-refractivity contribution in [3.63, 3.8) is 0 Å². The number of rotatable bonds is 1. The van der Waals surface area contributed by atoms with Gasteiger partial charge in [0.15, 0.2) is 0 Å². The average molecular weight is 267 g/mol. The van der Waals surface area contributed by atoms with Gasteiger partial charge in [-0.25, -0.2) is 0 Å². The molecule has 1 aromatic rings. The van der Waals surface area contributed by atoms with E-state index in [1.165, 1.54) is 5.69 Å². The van der Waals surface area contributed by atoms with Crippen molar-refractivity contribution in [3.8, 4) is 0 Å². The van der Waals surface area contributed by atoms with Crippen molar-refractivity contribution in [1.29, 1.82) is 0 Å². The molecule has 100 valence electrons. The fourth-order valence-electron chi connectivity index (χ4n) is 2.85. The Balaban J connectivity index is 2.40. The summed E-state index contributed by atoms with van der Waals surface area (Å²) in [6.07, 6.45) is 1.14. The van der Waals surface area contributed by atoms with Crippen LogP contribution in [0.2, 0.25) is 5.02 Å². The molecule has 0 spiro atoms. The van der Waals surface area contributed by atoms with E-state index < -0.39 is 0 Å². The van der Waals surface area contributed by atoms with Crippen molar-refractivity contribution in [2.45, 2.75) is 45.7 Å². The van der Waals surface area contributed by atoms with Gasteiger partial charge in [-0.05, 0) is 58.4 Å². The summed E-state index contributed by atoms with van der Waals surface area (Å²) in [4.78, 5) is 2.50. The van der Waals surface area contributed by atoms with Gasteiger partial charge in [0, 0.05) is 28.8 Å². The Hall–Kier alpha value is -0.730. The molecule has 0 amide bonds. The largest absolute Gasteiger partial charge is 0.362 e. The smallest absolute Gasteiger partial charge is 0.0455 e. The maximum Gasteiger partial charge on any atom is 0.0455 e. The van der Waals surface area contributed by atoms with Crippen molar-refractivity contribution in [2.24, 2.45) is 0 Å². The number of hydrogen-bond acceptors (Lipinski definition) is 2. The zero-order valence-electron chi connectivity index (χ0n) is 11.8. The second-order valence-corrected chi connectivity index (χ2v) is 6.33. The molecule has 1 aromatic carbocycles. The number of hydrogen-bond donors (Lipinski definition) is 1. The third-order valence-electron chi connectivity index (χ3n) is 3.88. The quantitative estimate of drug-likeness (QED) is 0.835. The highest BCUT2D eigenvalue weighted by atomic mass is 35.5. The summed E-state index contributed by atoms with van der Waals surface area (Å²) in [5.74, 6) is 0. The molecular formula is C15H23ClN2. The molecule has 2 rings (SSSR count). The molecule has 18 heavy (non-hydrogen) atoms. The van der Waals surface area contributed by atoms with Gasteiger partial charge in [-0.3, -0.25) is 0 Å². The molecule has 1 aliphatic rings. The molecule has 2 nitrogen and oxygen atoms in total. The summed E-state index contributed by atoms with van der Waals surface area (Å²) in [6, 6.07) is 6.87. The highest BCUT2D eigenvalue weighted by Gasteiger charge is 2.32. The normalized spacial score (nSPS) is 23.8. The van der Waals surface area contributed by atoms with Crippen molar-refractivity contribution >= 4 is 17.3 Å². The maximum absolute atomic E-state index is 6.27. The average Bonchev–Trinajstić information content (AvgIpc) is 2.41. The van der Waals surface area contributed by atoms with Crippen LogP contribution in [0.5, 0.6) is 0 Å². The van der Waals surface area contributed by atoms with Gasteiger partial charge < -0.3 is 10.2 Å². The standard InChI is InChI=1S/C15H23ClN2/c1-11-5-6-13(9-14(11)16)18-12(2)10-17-8-7-15(18,3)4/h5-6,9,12,17H,7-8,10H2,1-4H3. The molecule has 0 aliphatic carbocycles. The van der Waals surface area contributed by atoms with Crippen molar-refractivity contribution in [2.75, 3.05) is 18.0 Å². The number of benzene rings is 1. The summed E-state index contributed by atoms with van der Waals surface area (Å²) in [7, 11) is 0. The van der Waals surface area contributed by atoms with Crippen LogP contribution in [-0.2, 0) is 0 Å². The number of halogens is 1. The Morgan fingerprint density at radius 3 is 2.78 bits per heavy atom. The van der Waals surface area contributed by atoms with Crippen LogP contribution in [0.15, 0.2) is 18.2 Å². The van der Waals surface area contributed by atoms with E-state index in [1.807, 2.05) is 6.92 Å². The highest BCUT2D eigenvalue weighted by Crippen LogP contribution is 2.32. The van der Waals surface area contributed by atoms with Gasteiger partial charge in [0.05, 0.1) is 0 Å². The first-order chi connectivity index (χ1) is 8.42. The minimum Gasteiger partial charge on any atom is -0.362 e. The lowest BCUT2D eigenvalue weighted by molar-refractivity contribution is 0.426. The van der Waals surface area contributed by atoms with Crippen LogP contribution in [0.1, 0.15) is 32.8 Å². The van der Waals surface area contributed by atoms with Crippen LogP contribution in [0.25, 0.3) is 0 Å². The van der Waals surface area contributed by atoms with E-state index in [1.54, 1.807) is 0 Å². The third kappa shape index (κ3) is 2.65. The van der Waals surface area contributed by atoms with E-state index in [9.17, 15) is 0 Å². The third-order valence-corrected chi connectivity index (χ3v) is 4.29. The number of aryl methyl sites for hydroxylation is 1. The number of anilines is 1. The van der Waals surface area contributed by atoms with Crippen LogP contribution in [0.3, 0.4) is 0 Å². The monoisotopic (exact) mass is 266 g/mol. The molecule has 0 aromatic heterocycles. The van der Waals surface area contributed by atoms with Gasteiger partial charge in [0.25, 0.3) is 0 Å². The van der Waals surface area contributed by atoms with Crippen molar-refractivity contribution in [3.05, 3.63) is 28.8 Å². The maximum atomic E-state index is 6.27. The molecule has 0 radical (unpaired) electrons. The van der Waals surface area contributed by atoms with Gasteiger partial charge >= 0.3 is 0 Å². The minimum absolute atomic E-state index is 0.154. The number of nitrogens with zero attached hydrogens (tertiary/aromatic N) is 1. The second kappa shape index (κ2) is 5.10. The summed E-state index contributed by atoms with van der Waals surface area (Å²) < 4.78 is 0. The van der Waals surface area contributed by atoms with Gasteiger partial charge in [-0.15, -0.1) is 0 Å². The lowest BCUT2D eigenvalue weighted by atomic mass is 9.96. The Bertz CT molecular complexity index is 429. The van der Waals surface area contributed by atoms with Crippen LogP contribution >= 0.6 is 11.6 Å². The summed E-state index contributed by atoms with van der Waals surface area (Å²) in [5.41, 5.74) is 2.52. The summed E-state index contributed by atoms with van der Waals surface area (Å²) >= 11 is 6.27. The fraction of sp³-hybridized carbons (Fsp3) is 0.600. The van der Waals surface area contributed by atoms with E-state index in [2.05, 4.69) is 49.2 Å². The molecule has 1 fully saturated rings. The van der Waals surface area contributed by atoms with Crippen molar-refractivity contribution in [1.82, 2.24) is 5.32 Å². The highest BCUT2D eigenvalue weighted by molar-refractivity contribution is 6.31. The molecule has 1 saturated heterocycles. The molecule has 0 saturated carbocycles. The Labute approximate surface area is 115 Å². The van der Waals surface area contributed by atoms with E-state index in [-0.39, 0.29) is 5.54 Å². The first-order valence-corrected chi connectivity index (χ1v) is 7.06. The van der Waals surface area contributed by atoms with Crippen LogP contribution < -0.4 is 10.2 Å². The van der Waals surface area contributed by atoms with E-state index >= 15 is 0 Å². The first-order valence-electron chi connectivity index (χ1n) is 6.68. The lowest BCUT2D eigenvalue weighted by Gasteiger charge is -2.43. The second-order valence-electron chi connectivity index (χ2n) is 5.92. The van der Waals surface area contributed by atoms with Crippen LogP contribution in [0.4, 0.5) is 5.69 Å². The summed E-state index contributed by atoms with van der Waals surface area (Å²) in [6.45, 7) is 11.0. The minimum atomic E-state index is 0.154. The predicted molar refractivity (Wildman–Crippen MR) is 79.7 cm³/mol. The zero-order chi connectivity index (χ0) is 13.3. The van der Waals surface area contributed by atoms with Crippen LogP contribution in [-0.4, -0.2) is 24.7 Å². The Kier molecular flexibility index (Phi) is 3.88. The van der Waals surface area contributed by atoms with E-state index in [0.29, 0.717) is 6.04 Å². The Morgan fingerprint density at radius 2 is 2.11 bits per heavy atom. The molecule has 1 atom stereocenters. The van der Waals surface area contributed by atoms with E-state index in [0.717, 1.165) is 30.1 Å². The lowest BCUT2D eigenvalue weighted by Crippen LogP contribution is -2.49. The molecule has 1 aliphatic heterocycles. The molecule has 1 N–H and O–H groups in total. The van der Waals surface area contributed by atoms with Crippen LogP contribution in [0, 0.1) is 6.92 Å². The SMILES string of the molecule is Cc1ccc(N2C(C)CNCCC2(C)C)cc1Cl. The first kappa shape index (κ1) is 13.7. The summed E-state index contributed by atoms with van der Waals surface area (Å²) in [5, 5.41) is 4.36. The molecule has 3 heteroatoms. The zero-order valence-corrected chi connectivity index (χ0v) is 12.5. The molecule has 1 unspecified atom stereocenters. The Morgan fingerprint density at radius 1 is 1.39 bits per heavy atom. The van der Waals surface area contributed by atoms with Crippen molar-refractivity contribution < 1.29 is 0 Å². The van der Waals surface area contributed by atoms with Gasteiger partial charge in [0.1, 0.15) is 0 Å².